The lowest BCUT2D eigenvalue weighted by Gasteiger charge is -2.20. The van der Waals surface area contributed by atoms with Crippen molar-refractivity contribution in [1.82, 2.24) is 4.31 Å². The van der Waals surface area contributed by atoms with Gasteiger partial charge in [0.1, 0.15) is 5.75 Å². The highest BCUT2D eigenvalue weighted by atomic mass is 32.2. The summed E-state index contributed by atoms with van der Waals surface area (Å²) in [6.07, 6.45) is 0.778. The molecule has 1 aliphatic rings. The van der Waals surface area contributed by atoms with Crippen LogP contribution >= 0.6 is 0 Å². The molecule has 0 spiro atoms. The first-order valence-electron chi connectivity index (χ1n) is 9.48. The molecular formula is C19H28N2O6S. The summed E-state index contributed by atoms with van der Waals surface area (Å²) in [5.41, 5.74) is 0.218. The van der Waals surface area contributed by atoms with Gasteiger partial charge in [-0.2, -0.15) is 4.31 Å². The van der Waals surface area contributed by atoms with Crippen LogP contribution in [0.5, 0.6) is 5.75 Å². The third-order valence-electron chi connectivity index (χ3n) is 4.63. The van der Waals surface area contributed by atoms with Gasteiger partial charge in [-0.15, -0.1) is 0 Å². The quantitative estimate of drug-likeness (QED) is 0.592. The lowest BCUT2D eigenvalue weighted by atomic mass is 10.3. The fraction of sp³-hybridized carbons (Fsp3) is 0.579. The maximum absolute atomic E-state index is 12.7. The maximum Gasteiger partial charge on any atom is 0.309 e. The number of carbonyl (C=O) groups is 2. The van der Waals surface area contributed by atoms with Gasteiger partial charge in [-0.3, -0.25) is 9.59 Å². The smallest absolute Gasteiger partial charge is 0.309 e. The Hall–Kier alpha value is -2.13. The highest BCUT2D eigenvalue weighted by Gasteiger charge is 2.40. The third kappa shape index (κ3) is 5.23. The second kappa shape index (κ2) is 9.38. The lowest BCUT2D eigenvalue weighted by Crippen LogP contribution is -2.30. The number of sulfonamides is 1. The van der Waals surface area contributed by atoms with Gasteiger partial charge in [-0.1, -0.05) is 20.8 Å². The molecule has 2 rings (SSSR count). The number of esters is 1. The molecule has 0 unspecified atom stereocenters. The summed E-state index contributed by atoms with van der Waals surface area (Å²) in [6, 6.07) is 4.32. The number of carbonyl (C=O) groups excluding carboxylic acids is 2. The van der Waals surface area contributed by atoms with Crippen molar-refractivity contribution in [2.75, 3.05) is 31.6 Å². The van der Waals surface area contributed by atoms with Crippen molar-refractivity contribution in [2.24, 2.45) is 11.8 Å². The van der Waals surface area contributed by atoms with E-state index < -0.39 is 22.5 Å². The van der Waals surface area contributed by atoms with E-state index in [9.17, 15) is 18.0 Å². The van der Waals surface area contributed by atoms with Crippen LogP contribution in [0.25, 0.3) is 0 Å². The first-order valence-corrected chi connectivity index (χ1v) is 10.9. The Morgan fingerprint density at radius 3 is 2.39 bits per heavy atom. The molecule has 0 aromatic heterocycles. The number of benzene rings is 1. The van der Waals surface area contributed by atoms with Gasteiger partial charge in [0, 0.05) is 13.1 Å². The largest absolute Gasteiger partial charge is 0.492 e. The molecule has 9 heteroatoms. The van der Waals surface area contributed by atoms with Crippen molar-refractivity contribution in [3.8, 4) is 5.75 Å². The average molecular weight is 413 g/mol. The van der Waals surface area contributed by atoms with Gasteiger partial charge in [0.25, 0.3) is 5.91 Å². The number of nitrogens with zero attached hydrogens (tertiary/aromatic N) is 1. The van der Waals surface area contributed by atoms with Crippen LogP contribution in [0.15, 0.2) is 23.1 Å². The number of nitrogens with one attached hydrogen (secondary N) is 1. The van der Waals surface area contributed by atoms with Gasteiger partial charge in [-0.05, 0) is 37.5 Å². The van der Waals surface area contributed by atoms with Gasteiger partial charge in [0.2, 0.25) is 10.0 Å². The van der Waals surface area contributed by atoms with Crippen LogP contribution in [0.1, 0.15) is 34.1 Å². The minimum absolute atomic E-state index is 0.0544. The van der Waals surface area contributed by atoms with Crippen LogP contribution in [0.3, 0.4) is 0 Å². The highest BCUT2D eigenvalue weighted by molar-refractivity contribution is 7.89. The van der Waals surface area contributed by atoms with E-state index in [0.29, 0.717) is 31.4 Å². The summed E-state index contributed by atoms with van der Waals surface area (Å²) >= 11 is 0. The Balaban J connectivity index is 2.16. The molecule has 1 fully saturated rings. The fourth-order valence-corrected chi connectivity index (χ4v) is 4.33. The molecule has 1 aliphatic carbocycles. The zero-order chi connectivity index (χ0) is 20.9. The minimum atomic E-state index is -3.68. The Bertz CT molecular complexity index is 820. The normalized spacial score (nSPS) is 18.6. The van der Waals surface area contributed by atoms with Gasteiger partial charge in [0.05, 0.1) is 23.1 Å². The van der Waals surface area contributed by atoms with Crippen molar-refractivity contribution in [1.29, 1.82) is 0 Å². The zero-order valence-corrected chi connectivity index (χ0v) is 17.5. The van der Waals surface area contributed by atoms with Crippen molar-refractivity contribution in [2.45, 2.75) is 39.0 Å². The van der Waals surface area contributed by atoms with E-state index in [1.807, 2.05) is 6.92 Å². The molecule has 156 valence electrons. The van der Waals surface area contributed by atoms with Crippen LogP contribution in [0, 0.1) is 11.8 Å². The van der Waals surface area contributed by atoms with Gasteiger partial charge in [-0.25, -0.2) is 8.42 Å². The Kier molecular flexibility index (Phi) is 7.42. The third-order valence-corrected chi connectivity index (χ3v) is 6.67. The molecule has 0 radical (unpaired) electrons. The molecular weight excluding hydrogens is 384 g/mol. The summed E-state index contributed by atoms with van der Waals surface area (Å²) in [6.45, 7) is 7.83. The standard InChI is InChI=1S/C19H28N2O6S/c1-5-21(6-2)28(24,25)14-8-9-17(26-7-3)16(11-14)20-18(22)12-27-19(23)15-10-13(15)4/h8-9,11,13,15H,5-7,10,12H2,1-4H3,(H,20,22)/t13-,15-/m0/s1. The summed E-state index contributed by atoms with van der Waals surface area (Å²) < 4.78 is 37.3. The molecule has 0 heterocycles. The molecule has 2 atom stereocenters. The van der Waals surface area contributed by atoms with E-state index in [1.165, 1.54) is 22.5 Å². The van der Waals surface area contributed by atoms with E-state index in [4.69, 9.17) is 9.47 Å². The topological polar surface area (TPSA) is 102 Å². The average Bonchev–Trinajstić information content (AvgIpc) is 3.39. The molecule has 1 aromatic carbocycles. The zero-order valence-electron chi connectivity index (χ0n) is 16.7. The maximum atomic E-state index is 12.7. The second-order valence-corrected chi connectivity index (χ2v) is 8.59. The predicted molar refractivity (Wildman–Crippen MR) is 105 cm³/mol. The number of hydrogen-bond donors (Lipinski definition) is 1. The van der Waals surface area contributed by atoms with E-state index in [1.54, 1.807) is 20.8 Å². The summed E-state index contributed by atoms with van der Waals surface area (Å²) in [5.74, 6) is -0.432. The van der Waals surface area contributed by atoms with E-state index in [-0.39, 0.29) is 22.5 Å². The molecule has 8 nitrogen and oxygen atoms in total. The van der Waals surface area contributed by atoms with Crippen molar-refractivity contribution < 1.29 is 27.5 Å². The molecule has 1 amide bonds. The monoisotopic (exact) mass is 412 g/mol. The highest BCUT2D eigenvalue weighted by Crippen LogP contribution is 2.38. The van der Waals surface area contributed by atoms with Crippen molar-refractivity contribution >= 4 is 27.6 Å². The molecule has 1 N–H and O–H groups in total. The lowest BCUT2D eigenvalue weighted by molar-refractivity contribution is -0.148. The molecule has 0 saturated heterocycles. The van der Waals surface area contributed by atoms with Gasteiger partial charge < -0.3 is 14.8 Å². The molecule has 1 aromatic rings. The van der Waals surface area contributed by atoms with E-state index in [0.717, 1.165) is 6.42 Å². The number of rotatable bonds is 10. The molecule has 1 saturated carbocycles. The van der Waals surface area contributed by atoms with Crippen molar-refractivity contribution in [3.63, 3.8) is 0 Å². The summed E-state index contributed by atoms with van der Waals surface area (Å²) in [7, 11) is -3.68. The second-order valence-electron chi connectivity index (χ2n) is 6.66. The number of amides is 1. The number of anilines is 1. The number of ether oxygens (including phenoxy) is 2. The van der Waals surface area contributed by atoms with Crippen LogP contribution in [0.4, 0.5) is 5.69 Å². The van der Waals surface area contributed by atoms with Crippen LogP contribution in [0.2, 0.25) is 0 Å². The Morgan fingerprint density at radius 2 is 1.86 bits per heavy atom. The number of hydrogen-bond acceptors (Lipinski definition) is 6. The molecule has 28 heavy (non-hydrogen) atoms. The van der Waals surface area contributed by atoms with Crippen LogP contribution < -0.4 is 10.1 Å². The minimum Gasteiger partial charge on any atom is -0.492 e. The summed E-state index contributed by atoms with van der Waals surface area (Å²) in [4.78, 5) is 24.0. The summed E-state index contributed by atoms with van der Waals surface area (Å²) in [5, 5.41) is 2.58. The van der Waals surface area contributed by atoms with Crippen LogP contribution in [-0.2, 0) is 24.3 Å². The SMILES string of the molecule is CCOc1ccc(S(=O)(=O)N(CC)CC)cc1NC(=O)COC(=O)[C@H]1C[C@@H]1C. The molecule has 0 bridgehead atoms. The predicted octanol–water partition coefficient (Wildman–Crippen LogP) is 2.25. The first kappa shape index (κ1) is 22.2. The van der Waals surface area contributed by atoms with E-state index >= 15 is 0 Å². The van der Waals surface area contributed by atoms with Crippen molar-refractivity contribution in [3.05, 3.63) is 18.2 Å². The van der Waals surface area contributed by atoms with Gasteiger partial charge >= 0.3 is 5.97 Å². The Labute approximate surface area is 166 Å². The van der Waals surface area contributed by atoms with E-state index in [2.05, 4.69) is 5.32 Å². The van der Waals surface area contributed by atoms with Crippen LogP contribution in [-0.4, -0.2) is 50.9 Å². The molecule has 0 aliphatic heterocycles. The fourth-order valence-electron chi connectivity index (χ4n) is 2.84. The Morgan fingerprint density at radius 1 is 1.21 bits per heavy atom. The van der Waals surface area contributed by atoms with Gasteiger partial charge in [0.15, 0.2) is 6.61 Å². The first-order chi connectivity index (χ1) is 13.2.